The Morgan fingerprint density at radius 1 is 0.857 bits per heavy atom. The Morgan fingerprint density at radius 2 is 1.50 bits per heavy atom. The van der Waals surface area contributed by atoms with E-state index in [0.717, 1.165) is 12.6 Å². The van der Waals surface area contributed by atoms with Gasteiger partial charge in [-0.1, -0.05) is 19.3 Å². The fraction of sp³-hybridized carbons (Fsp3) is 0.583. The van der Waals surface area contributed by atoms with Gasteiger partial charge in [-0.2, -0.15) is 0 Å². The summed E-state index contributed by atoms with van der Waals surface area (Å²) in [6.07, 6.45) is 17.5. The number of hydrogen-bond acceptors (Lipinski definition) is 4. The van der Waals surface area contributed by atoms with Crippen LogP contribution in [0.3, 0.4) is 0 Å². The van der Waals surface area contributed by atoms with Crippen LogP contribution in [0.25, 0.3) is 0 Å². The SMILES string of the molecule is c1cc(CN2CCC(N3CC4(CCCCC4)[C@H]3c3ccncc3)CC2)ccn1. The Bertz CT molecular complexity index is 749. The molecule has 28 heavy (non-hydrogen) atoms. The molecule has 0 radical (unpaired) electrons. The van der Waals surface area contributed by atoms with Crippen molar-refractivity contribution in [2.45, 2.75) is 63.6 Å². The maximum atomic E-state index is 4.28. The summed E-state index contributed by atoms with van der Waals surface area (Å²) in [5.74, 6) is 0. The van der Waals surface area contributed by atoms with Crippen molar-refractivity contribution in [1.29, 1.82) is 0 Å². The van der Waals surface area contributed by atoms with Crippen molar-refractivity contribution in [1.82, 2.24) is 19.8 Å². The molecule has 5 rings (SSSR count). The number of nitrogens with zero attached hydrogens (tertiary/aromatic N) is 4. The number of aromatic nitrogens is 2. The normalized spacial score (nSPS) is 26.2. The Morgan fingerprint density at radius 3 is 2.18 bits per heavy atom. The molecule has 1 aliphatic carbocycles. The van der Waals surface area contributed by atoms with Gasteiger partial charge in [-0.05, 0) is 74.2 Å². The summed E-state index contributed by atoms with van der Waals surface area (Å²) < 4.78 is 0. The van der Waals surface area contributed by atoms with Crippen molar-refractivity contribution in [3.63, 3.8) is 0 Å². The van der Waals surface area contributed by atoms with Crippen LogP contribution in [0, 0.1) is 5.41 Å². The quantitative estimate of drug-likeness (QED) is 0.789. The first-order chi connectivity index (χ1) is 13.8. The zero-order valence-electron chi connectivity index (χ0n) is 16.8. The van der Waals surface area contributed by atoms with Gasteiger partial charge in [-0.15, -0.1) is 0 Å². The van der Waals surface area contributed by atoms with E-state index in [1.165, 1.54) is 75.7 Å². The lowest BCUT2D eigenvalue weighted by Gasteiger charge is -2.63. The van der Waals surface area contributed by atoms with E-state index in [4.69, 9.17) is 0 Å². The number of piperidine rings is 1. The molecule has 0 amide bonds. The molecule has 1 spiro atoms. The van der Waals surface area contributed by atoms with Crippen LogP contribution in [0.2, 0.25) is 0 Å². The molecule has 0 aromatic carbocycles. The van der Waals surface area contributed by atoms with Crippen molar-refractivity contribution < 1.29 is 0 Å². The molecular weight excluding hydrogens is 344 g/mol. The van der Waals surface area contributed by atoms with Gasteiger partial charge in [-0.3, -0.25) is 19.8 Å². The van der Waals surface area contributed by atoms with Crippen molar-refractivity contribution in [2.75, 3.05) is 19.6 Å². The Labute approximate surface area is 169 Å². The molecule has 3 fully saturated rings. The molecule has 148 valence electrons. The van der Waals surface area contributed by atoms with Crippen LogP contribution in [0.4, 0.5) is 0 Å². The average Bonchev–Trinajstić information content (AvgIpc) is 2.75. The lowest BCUT2D eigenvalue weighted by atomic mass is 9.60. The van der Waals surface area contributed by atoms with E-state index in [1.807, 2.05) is 24.8 Å². The maximum Gasteiger partial charge on any atom is 0.0420 e. The molecule has 1 saturated carbocycles. The highest BCUT2D eigenvalue weighted by Crippen LogP contribution is 2.58. The number of likely N-dealkylation sites (tertiary alicyclic amines) is 2. The highest BCUT2D eigenvalue weighted by Gasteiger charge is 2.54. The van der Waals surface area contributed by atoms with Gasteiger partial charge in [0.1, 0.15) is 0 Å². The molecule has 2 aromatic rings. The third kappa shape index (κ3) is 3.48. The van der Waals surface area contributed by atoms with Crippen molar-refractivity contribution in [2.24, 2.45) is 5.41 Å². The molecule has 2 aromatic heterocycles. The Hall–Kier alpha value is -1.78. The number of pyridine rings is 2. The van der Waals surface area contributed by atoms with Crippen LogP contribution in [0.5, 0.6) is 0 Å². The Balaban J connectivity index is 1.26. The van der Waals surface area contributed by atoms with Crippen LogP contribution in [0.15, 0.2) is 49.1 Å². The summed E-state index contributed by atoms with van der Waals surface area (Å²) in [5, 5.41) is 0. The molecular formula is C24H32N4. The van der Waals surface area contributed by atoms with Gasteiger partial charge in [0.05, 0.1) is 0 Å². The second-order valence-electron chi connectivity index (χ2n) is 9.14. The van der Waals surface area contributed by atoms with Crippen LogP contribution < -0.4 is 0 Å². The third-order valence-corrected chi connectivity index (χ3v) is 7.46. The zero-order valence-corrected chi connectivity index (χ0v) is 16.8. The molecule has 0 N–H and O–H groups in total. The van der Waals surface area contributed by atoms with Gasteiger partial charge in [-0.25, -0.2) is 0 Å². The van der Waals surface area contributed by atoms with E-state index >= 15 is 0 Å². The monoisotopic (exact) mass is 376 g/mol. The predicted molar refractivity (Wildman–Crippen MR) is 112 cm³/mol. The largest absolute Gasteiger partial charge is 0.299 e. The van der Waals surface area contributed by atoms with E-state index in [9.17, 15) is 0 Å². The van der Waals surface area contributed by atoms with Gasteiger partial charge in [0.25, 0.3) is 0 Å². The molecule has 2 saturated heterocycles. The average molecular weight is 377 g/mol. The number of rotatable bonds is 4. The van der Waals surface area contributed by atoms with Crippen molar-refractivity contribution >= 4 is 0 Å². The zero-order chi connectivity index (χ0) is 18.8. The van der Waals surface area contributed by atoms with Gasteiger partial charge in [0.2, 0.25) is 0 Å². The standard InChI is InChI=1S/C24H32N4/c1-2-10-24(11-3-1)19-28(23(24)21-6-14-26-15-7-21)22-8-16-27(17-9-22)18-20-4-12-25-13-5-20/h4-7,12-15,22-23H,1-3,8-11,16-19H2/t23-/m1/s1. The second-order valence-corrected chi connectivity index (χ2v) is 9.14. The van der Waals surface area contributed by atoms with E-state index in [2.05, 4.69) is 44.0 Å². The minimum atomic E-state index is 0.535. The highest BCUT2D eigenvalue weighted by atomic mass is 15.3. The van der Waals surface area contributed by atoms with Crippen LogP contribution >= 0.6 is 0 Å². The van der Waals surface area contributed by atoms with Crippen molar-refractivity contribution in [3.8, 4) is 0 Å². The highest BCUT2D eigenvalue weighted by molar-refractivity contribution is 5.25. The summed E-state index contributed by atoms with van der Waals surface area (Å²) in [6.45, 7) is 4.79. The van der Waals surface area contributed by atoms with Crippen molar-refractivity contribution in [3.05, 3.63) is 60.2 Å². The topological polar surface area (TPSA) is 32.3 Å². The first-order valence-corrected chi connectivity index (χ1v) is 11.1. The summed E-state index contributed by atoms with van der Waals surface area (Å²) >= 11 is 0. The van der Waals surface area contributed by atoms with Gasteiger partial charge in [0.15, 0.2) is 0 Å². The van der Waals surface area contributed by atoms with E-state index < -0.39 is 0 Å². The molecule has 4 heterocycles. The van der Waals surface area contributed by atoms with Gasteiger partial charge in [0, 0.05) is 55.4 Å². The van der Waals surface area contributed by atoms with Crippen LogP contribution in [-0.2, 0) is 6.54 Å². The maximum absolute atomic E-state index is 4.28. The van der Waals surface area contributed by atoms with Gasteiger partial charge < -0.3 is 0 Å². The molecule has 3 aliphatic rings. The third-order valence-electron chi connectivity index (χ3n) is 7.46. The summed E-state index contributed by atoms with van der Waals surface area (Å²) in [7, 11) is 0. The second kappa shape index (κ2) is 7.92. The Kier molecular flexibility index (Phi) is 5.17. The van der Waals surface area contributed by atoms with E-state index in [1.54, 1.807) is 0 Å². The van der Waals surface area contributed by atoms with Crippen LogP contribution in [0.1, 0.15) is 62.1 Å². The number of hydrogen-bond donors (Lipinski definition) is 0. The minimum Gasteiger partial charge on any atom is -0.299 e. The fourth-order valence-corrected chi connectivity index (χ4v) is 6.05. The molecule has 4 heteroatoms. The minimum absolute atomic E-state index is 0.535. The summed E-state index contributed by atoms with van der Waals surface area (Å²) in [5.41, 5.74) is 3.42. The summed E-state index contributed by atoms with van der Waals surface area (Å²) in [6, 6.07) is 10.2. The van der Waals surface area contributed by atoms with E-state index in [-0.39, 0.29) is 0 Å². The molecule has 2 aliphatic heterocycles. The fourth-order valence-electron chi connectivity index (χ4n) is 6.05. The molecule has 0 bridgehead atoms. The lowest BCUT2D eigenvalue weighted by Crippen LogP contribution is -2.63. The molecule has 1 atom stereocenters. The lowest BCUT2D eigenvalue weighted by molar-refractivity contribution is -0.133. The molecule has 0 unspecified atom stereocenters. The first kappa shape index (κ1) is 18.3. The first-order valence-electron chi connectivity index (χ1n) is 11.1. The predicted octanol–water partition coefficient (Wildman–Crippen LogP) is 4.45. The van der Waals surface area contributed by atoms with Crippen LogP contribution in [-0.4, -0.2) is 45.4 Å². The smallest absolute Gasteiger partial charge is 0.0420 e. The van der Waals surface area contributed by atoms with E-state index in [0.29, 0.717) is 11.5 Å². The summed E-state index contributed by atoms with van der Waals surface area (Å²) in [4.78, 5) is 13.9. The van der Waals surface area contributed by atoms with Gasteiger partial charge >= 0.3 is 0 Å². The molecule has 4 nitrogen and oxygen atoms in total.